The van der Waals surface area contributed by atoms with Crippen LogP contribution < -0.4 is 14.8 Å². The summed E-state index contributed by atoms with van der Waals surface area (Å²) in [5, 5.41) is 5.45. The van der Waals surface area contributed by atoms with Crippen LogP contribution in [0.3, 0.4) is 0 Å². The van der Waals surface area contributed by atoms with Crippen LogP contribution in [-0.4, -0.2) is 25.7 Å². The number of rotatable bonds is 5. The average Bonchev–Trinajstić information content (AvgIpc) is 3.00. The first-order valence-corrected chi connectivity index (χ1v) is 8.35. The minimum absolute atomic E-state index is 0.0334. The Hall–Kier alpha value is -1.72. The van der Waals surface area contributed by atoms with E-state index in [0.29, 0.717) is 49.1 Å². The predicted molar refractivity (Wildman–Crippen MR) is 87.2 cm³/mol. The Bertz CT molecular complexity index is 658. The topological polar surface area (TPSA) is 47.6 Å². The molecule has 1 aromatic heterocycles. The van der Waals surface area contributed by atoms with Gasteiger partial charge in [-0.05, 0) is 35.6 Å². The van der Waals surface area contributed by atoms with E-state index in [1.54, 1.807) is 11.3 Å². The summed E-state index contributed by atoms with van der Waals surface area (Å²) >= 11 is 7.78. The number of hydrogen-bond acceptors (Lipinski definition) is 4. The van der Waals surface area contributed by atoms with Crippen molar-refractivity contribution in [1.82, 2.24) is 5.32 Å². The molecular weight excluding hydrogens is 322 g/mol. The number of amides is 1. The van der Waals surface area contributed by atoms with Gasteiger partial charge in [-0.25, -0.2) is 0 Å². The van der Waals surface area contributed by atoms with Crippen LogP contribution in [-0.2, 0) is 17.6 Å². The second-order valence-electron chi connectivity index (χ2n) is 4.96. The summed E-state index contributed by atoms with van der Waals surface area (Å²) in [7, 11) is 0. The zero-order valence-electron chi connectivity index (χ0n) is 11.9. The molecular formula is C16H16ClNO3S. The molecule has 3 rings (SSSR count). The summed E-state index contributed by atoms with van der Waals surface area (Å²) in [4.78, 5) is 12.9. The normalized spacial score (nSPS) is 13.0. The second kappa shape index (κ2) is 7.03. The van der Waals surface area contributed by atoms with Gasteiger partial charge in [-0.15, -0.1) is 11.3 Å². The summed E-state index contributed by atoms with van der Waals surface area (Å²) in [5.74, 6) is 1.32. The third-order valence-corrected chi connectivity index (χ3v) is 4.46. The van der Waals surface area contributed by atoms with E-state index >= 15 is 0 Å². The molecule has 1 N–H and O–H groups in total. The number of benzene rings is 1. The van der Waals surface area contributed by atoms with Crippen LogP contribution in [0, 0.1) is 0 Å². The fraction of sp³-hybridized carbons (Fsp3) is 0.312. The van der Waals surface area contributed by atoms with Crippen LogP contribution in [0.5, 0.6) is 11.5 Å². The number of halogens is 1. The molecule has 1 aromatic carbocycles. The van der Waals surface area contributed by atoms with Crippen LogP contribution in [0.4, 0.5) is 0 Å². The van der Waals surface area contributed by atoms with Crippen LogP contribution in [0.25, 0.3) is 0 Å². The van der Waals surface area contributed by atoms with Crippen LogP contribution in [0.1, 0.15) is 10.4 Å². The van der Waals surface area contributed by atoms with Crippen molar-refractivity contribution in [3.8, 4) is 11.5 Å². The van der Waals surface area contributed by atoms with Crippen molar-refractivity contribution in [2.75, 3.05) is 19.8 Å². The molecule has 116 valence electrons. The van der Waals surface area contributed by atoms with Gasteiger partial charge in [0.15, 0.2) is 11.5 Å². The van der Waals surface area contributed by atoms with Crippen LogP contribution in [0.2, 0.25) is 5.02 Å². The highest BCUT2D eigenvalue weighted by Gasteiger charge is 2.16. The SMILES string of the molecule is O=C(Cc1cccs1)NCCc1cc(Cl)c2c(c1)OCCO2. The van der Waals surface area contributed by atoms with Crippen molar-refractivity contribution >= 4 is 28.8 Å². The molecule has 0 unspecified atom stereocenters. The quantitative estimate of drug-likeness (QED) is 0.912. The Morgan fingerprint density at radius 3 is 3.00 bits per heavy atom. The lowest BCUT2D eigenvalue weighted by molar-refractivity contribution is -0.120. The fourth-order valence-corrected chi connectivity index (χ4v) is 3.28. The highest BCUT2D eigenvalue weighted by Crippen LogP contribution is 2.38. The molecule has 2 aromatic rings. The van der Waals surface area contributed by atoms with Gasteiger partial charge in [0.25, 0.3) is 0 Å². The van der Waals surface area contributed by atoms with Crippen molar-refractivity contribution < 1.29 is 14.3 Å². The lowest BCUT2D eigenvalue weighted by Gasteiger charge is -2.20. The maximum atomic E-state index is 11.8. The minimum Gasteiger partial charge on any atom is -0.486 e. The summed E-state index contributed by atoms with van der Waals surface area (Å²) in [5.41, 5.74) is 1.02. The lowest BCUT2D eigenvalue weighted by atomic mass is 10.1. The first-order valence-electron chi connectivity index (χ1n) is 7.09. The molecule has 0 saturated heterocycles. The number of fused-ring (bicyclic) bond motifs is 1. The molecule has 0 saturated carbocycles. The number of carbonyl (C=O) groups excluding carboxylic acids is 1. The number of ether oxygens (including phenoxy) is 2. The lowest BCUT2D eigenvalue weighted by Crippen LogP contribution is -2.27. The molecule has 1 aliphatic heterocycles. The van der Waals surface area contributed by atoms with E-state index in [0.717, 1.165) is 10.4 Å². The van der Waals surface area contributed by atoms with Crippen molar-refractivity contribution in [3.05, 3.63) is 45.1 Å². The third kappa shape index (κ3) is 3.72. The Morgan fingerprint density at radius 1 is 1.32 bits per heavy atom. The molecule has 1 aliphatic rings. The number of nitrogens with one attached hydrogen (secondary N) is 1. The van der Waals surface area contributed by atoms with Gasteiger partial charge in [-0.2, -0.15) is 0 Å². The molecule has 0 spiro atoms. The van der Waals surface area contributed by atoms with Crippen molar-refractivity contribution in [2.45, 2.75) is 12.8 Å². The number of carbonyl (C=O) groups is 1. The van der Waals surface area contributed by atoms with E-state index in [9.17, 15) is 4.79 Å². The summed E-state index contributed by atoms with van der Waals surface area (Å²) < 4.78 is 11.0. The Morgan fingerprint density at radius 2 is 2.18 bits per heavy atom. The summed E-state index contributed by atoms with van der Waals surface area (Å²) in [6.45, 7) is 1.62. The second-order valence-corrected chi connectivity index (χ2v) is 6.40. The monoisotopic (exact) mass is 337 g/mol. The summed E-state index contributed by atoms with van der Waals surface area (Å²) in [6, 6.07) is 7.70. The average molecular weight is 338 g/mol. The maximum absolute atomic E-state index is 11.8. The van der Waals surface area contributed by atoms with E-state index < -0.39 is 0 Å². The zero-order valence-corrected chi connectivity index (χ0v) is 13.5. The Balaban J connectivity index is 1.53. The first-order chi connectivity index (χ1) is 10.7. The van der Waals surface area contributed by atoms with Crippen molar-refractivity contribution in [2.24, 2.45) is 0 Å². The van der Waals surface area contributed by atoms with Gasteiger partial charge in [-0.1, -0.05) is 17.7 Å². The largest absolute Gasteiger partial charge is 0.486 e. The van der Waals surface area contributed by atoms with Gasteiger partial charge < -0.3 is 14.8 Å². The Labute approximate surface area is 138 Å². The predicted octanol–water partition coefficient (Wildman–Crippen LogP) is 3.07. The molecule has 6 heteroatoms. The summed E-state index contributed by atoms with van der Waals surface area (Å²) in [6.07, 6.45) is 1.13. The van der Waals surface area contributed by atoms with Crippen molar-refractivity contribution in [1.29, 1.82) is 0 Å². The van der Waals surface area contributed by atoms with E-state index in [2.05, 4.69) is 5.32 Å². The molecule has 0 radical (unpaired) electrons. The van der Waals surface area contributed by atoms with Gasteiger partial charge in [-0.3, -0.25) is 4.79 Å². The van der Waals surface area contributed by atoms with E-state index in [1.165, 1.54) is 0 Å². The zero-order chi connectivity index (χ0) is 15.4. The van der Waals surface area contributed by atoms with E-state index in [1.807, 2.05) is 29.6 Å². The standard InChI is InChI=1S/C16H16ClNO3S/c17-13-8-11(9-14-16(13)21-6-5-20-14)3-4-18-15(19)10-12-2-1-7-22-12/h1-2,7-9H,3-6,10H2,(H,18,19). The minimum atomic E-state index is 0.0334. The molecule has 1 amide bonds. The van der Waals surface area contributed by atoms with Crippen molar-refractivity contribution in [3.63, 3.8) is 0 Å². The Kier molecular flexibility index (Phi) is 4.85. The van der Waals surface area contributed by atoms with Gasteiger partial charge in [0.2, 0.25) is 5.91 Å². The van der Waals surface area contributed by atoms with E-state index in [4.69, 9.17) is 21.1 Å². The number of hydrogen-bond donors (Lipinski definition) is 1. The molecule has 0 atom stereocenters. The van der Waals surface area contributed by atoms with E-state index in [-0.39, 0.29) is 5.91 Å². The highest BCUT2D eigenvalue weighted by molar-refractivity contribution is 7.10. The fourth-order valence-electron chi connectivity index (χ4n) is 2.29. The molecule has 22 heavy (non-hydrogen) atoms. The highest BCUT2D eigenvalue weighted by atomic mass is 35.5. The maximum Gasteiger partial charge on any atom is 0.225 e. The molecule has 0 fully saturated rings. The first kappa shape index (κ1) is 15.2. The van der Waals surface area contributed by atoms with Gasteiger partial charge in [0.05, 0.1) is 11.4 Å². The smallest absolute Gasteiger partial charge is 0.225 e. The third-order valence-electron chi connectivity index (χ3n) is 3.31. The molecule has 0 bridgehead atoms. The number of thiophene rings is 1. The molecule has 2 heterocycles. The van der Waals surface area contributed by atoms with Gasteiger partial charge in [0, 0.05) is 11.4 Å². The van der Waals surface area contributed by atoms with Gasteiger partial charge >= 0.3 is 0 Å². The van der Waals surface area contributed by atoms with Gasteiger partial charge in [0.1, 0.15) is 13.2 Å². The molecule has 4 nitrogen and oxygen atoms in total. The van der Waals surface area contributed by atoms with Crippen LogP contribution >= 0.6 is 22.9 Å². The molecule has 0 aliphatic carbocycles. The van der Waals surface area contributed by atoms with Crippen LogP contribution in [0.15, 0.2) is 29.6 Å².